The molecule has 0 saturated carbocycles. The molecule has 1 amide bonds. The summed E-state index contributed by atoms with van der Waals surface area (Å²) in [5.41, 5.74) is 1.95. The Kier molecular flexibility index (Phi) is 6.14. The third kappa shape index (κ3) is 5.11. The van der Waals surface area contributed by atoms with Crippen LogP contribution >= 0.6 is 23.1 Å². The Morgan fingerprint density at radius 3 is 2.81 bits per heavy atom. The van der Waals surface area contributed by atoms with Crippen LogP contribution in [0.4, 0.5) is 5.13 Å². The van der Waals surface area contributed by atoms with Gasteiger partial charge in [0, 0.05) is 5.56 Å². The Hall–Kier alpha value is -2.79. The van der Waals surface area contributed by atoms with Crippen molar-refractivity contribution >= 4 is 40.1 Å². The minimum atomic E-state index is -0.618. The Bertz CT molecular complexity index is 956. The van der Waals surface area contributed by atoms with Gasteiger partial charge in [0.2, 0.25) is 22.8 Å². The summed E-state index contributed by atoms with van der Waals surface area (Å²) in [6, 6.07) is 7.76. The fourth-order valence-electron chi connectivity index (χ4n) is 2.04. The Labute approximate surface area is 162 Å². The highest BCUT2D eigenvalue weighted by Gasteiger charge is 2.14. The first kappa shape index (κ1) is 19.0. The van der Waals surface area contributed by atoms with Crippen LogP contribution in [0.15, 0.2) is 33.0 Å². The first-order valence-electron chi connectivity index (χ1n) is 7.76. The number of ether oxygens (including phenoxy) is 1. The molecule has 2 heterocycles. The summed E-state index contributed by atoms with van der Waals surface area (Å²) in [6.07, 6.45) is -0.373. The quantitative estimate of drug-likeness (QED) is 0.274. The van der Waals surface area contributed by atoms with Crippen LogP contribution in [0.25, 0.3) is 11.5 Å². The largest absolute Gasteiger partial charge is 0.469 e. The van der Waals surface area contributed by atoms with Crippen molar-refractivity contribution in [3.8, 4) is 11.5 Å². The molecule has 3 aromatic rings. The highest BCUT2D eigenvalue weighted by Crippen LogP contribution is 2.29. The number of esters is 1. The lowest BCUT2D eigenvalue weighted by Gasteiger charge is -1.99. The third-order valence-corrected chi connectivity index (χ3v) is 5.30. The van der Waals surface area contributed by atoms with Crippen LogP contribution in [-0.2, 0) is 20.1 Å². The lowest BCUT2D eigenvalue weighted by molar-refractivity contribution is -0.142. The molecule has 1 N–H and O–H groups in total. The number of hydrogen-bond donors (Lipinski definition) is 1. The Morgan fingerprint density at radius 2 is 2.04 bits per heavy atom. The monoisotopic (exact) mass is 405 g/mol. The first-order valence-corrected chi connectivity index (χ1v) is 9.56. The molecule has 0 aliphatic heterocycles. The molecule has 9 nitrogen and oxygen atoms in total. The third-order valence-electron chi connectivity index (χ3n) is 3.35. The molecule has 0 aliphatic rings. The number of thioether (sulfide) groups is 1. The molecule has 0 radical (unpaired) electrons. The van der Waals surface area contributed by atoms with Crippen molar-refractivity contribution in [2.45, 2.75) is 23.4 Å². The van der Waals surface area contributed by atoms with Gasteiger partial charge in [-0.2, -0.15) is 0 Å². The van der Waals surface area contributed by atoms with Gasteiger partial charge in [-0.05, 0) is 18.6 Å². The summed E-state index contributed by atoms with van der Waals surface area (Å²) >= 11 is 2.55. The van der Waals surface area contributed by atoms with E-state index in [1.807, 2.05) is 31.2 Å². The van der Waals surface area contributed by atoms with Crippen molar-refractivity contribution in [1.82, 2.24) is 20.4 Å². The maximum absolute atomic E-state index is 11.6. The fraction of sp³-hybridized carbons (Fsp3) is 0.250. The average Bonchev–Trinajstić information content (AvgIpc) is 3.29. The van der Waals surface area contributed by atoms with Crippen molar-refractivity contribution in [2.24, 2.45) is 0 Å². The highest BCUT2D eigenvalue weighted by atomic mass is 32.2. The normalized spacial score (nSPS) is 10.6. The molecule has 1 aromatic carbocycles. The number of aryl methyl sites for hydroxylation is 1. The molecule has 0 bridgehead atoms. The first-order chi connectivity index (χ1) is 13.0. The van der Waals surface area contributed by atoms with Gasteiger partial charge in [-0.3, -0.25) is 14.9 Å². The molecular formula is C16H15N5O4S2. The fourth-order valence-corrected chi connectivity index (χ4v) is 3.65. The van der Waals surface area contributed by atoms with Crippen LogP contribution in [0.3, 0.4) is 0 Å². The van der Waals surface area contributed by atoms with Gasteiger partial charge in [0.1, 0.15) is 6.42 Å². The predicted molar refractivity (Wildman–Crippen MR) is 99.2 cm³/mol. The van der Waals surface area contributed by atoms with E-state index < -0.39 is 11.9 Å². The molecule has 0 atom stereocenters. The van der Waals surface area contributed by atoms with Crippen molar-refractivity contribution in [1.29, 1.82) is 0 Å². The Morgan fingerprint density at radius 1 is 1.22 bits per heavy atom. The molecule has 2 aromatic heterocycles. The molecule has 11 heteroatoms. The van der Waals surface area contributed by atoms with E-state index in [0.29, 0.717) is 27.0 Å². The number of nitrogens with one attached hydrogen (secondary N) is 1. The van der Waals surface area contributed by atoms with Crippen molar-refractivity contribution in [3.63, 3.8) is 0 Å². The lowest BCUT2D eigenvalue weighted by atomic mass is 10.1. The number of aromatic nitrogens is 4. The van der Waals surface area contributed by atoms with Gasteiger partial charge in [-0.1, -0.05) is 41.3 Å². The number of carbonyl (C=O) groups excluding carboxylic acids is 2. The molecule has 0 spiro atoms. The smallest absolute Gasteiger partial charge is 0.315 e. The molecule has 27 heavy (non-hydrogen) atoms. The summed E-state index contributed by atoms with van der Waals surface area (Å²) < 4.78 is 10.7. The van der Waals surface area contributed by atoms with Crippen LogP contribution in [0.1, 0.15) is 17.9 Å². The highest BCUT2D eigenvalue weighted by molar-refractivity contribution is 8.00. The van der Waals surface area contributed by atoms with Gasteiger partial charge >= 0.3 is 5.97 Å². The number of nitrogens with zero attached hydrogens (tertiary/aromatic N) is 4. The van der Waals surface area contributed by atoms with E-state index in [0.717, 1.165) is 11.1 Å². The number of amides is 1. The SMILES string of the molecule is COC(=O)CC(=O)Nc1nnc(SCc2nnc(-c3ccccc3C)o2)s1. The van der Waals surface area contributed by atoms with E-state index in [4.69, 9.17) is 4.42 Å². The van der Waals surface area contributed by atoms with E-state index >= 15 is 0 Å². The molecule has 0 saturated heterocycles. The summed E-state index contributed by atoms with van der Waals surface area (Å²) in [4.78, 5) is 22.7. The summed E-state index contributed by atoms with van der Waals surface area (Å²) in [5, 5.41) is 18.8. The zero-order valence-electron chi connectivity index (χ0n) is 14.5. The van der Waals surface area contributed by atoms with E-state index in [1.54, 1.807) is 0 Å². The topological polar surface area (TPSA) is 120 Å². The van der Waals surface area contributed by atoms with E-state index in [-0.39, 0.29) is 6.42 Å². The van der Waals surface area contributed by atoms with Gasteiger partial charge in [-0.15, -0.1) is 20.4 Å². The molecule has 0 aliphatic carbocycles. The summed E-state index contributed by atoms with van der Waals surface area (Å²) in [6.45, 7) is 1.98. The van der Waals surface area contributed by atoms with Crippen molar-refractivity contribution in [2.75, 3.05) is 12.4 Å². The summed E-state index contributed by atoms with van der Waals surface area (Å²) in [5.74, 6) is 0.229. The van der Waals surface area contributed by atoms with Crippen LogP contribution in [-0.4, -0.2) is 39.4 Å². The molecule has 0 fully saturated rings. The van der Waals surface area contributed by atoms with E-state index in [9.17, 15) is 9.59 Å². The maximum atomic E-state index is 11.6. The van der Waals surface area contributed by atoms with E-state index in [2.05, 4.69) is 30.4 Å². The van der Waals surface area contributed by atoms with Gasteiger partial charge in [-0.25, -0.2) is 0 Å². The standard InChI is InChI=1S/C16H15N5O4S2/c1-9-5-3-4-6-10(9)14-19-18-12(25-14)8-26-16-21-20-15(27-16)17-11(22)7-13(23)24-2/h3-6H,7-8H2,1-2H3,(H,17,20,22). The number of rotatable bonds is 7. The van der Waals surface area contributed by atoms with Gasteiger partial charge in [0.25, 0.3) is 0 Å². The van der Waals surface area contributed by atoms with Crippen LogP contribution in [0, 0.1) is 6.92 Å². The van der Waals surface area contributed by atoms with Crippen molar-refractivity contribution < 1.29 is 18.7 Å². The van der Waals surface area contributed by atoms with Crippen LogP contribution in [0.5, 0.6) is 0 Å². The number of anilines is 1. The van der Waals surface area contributed by atoms with Crippen LogP contribution < -0.4 is 5.32 Å². The summed E-state index contributed by atoms with van der Waals surface area (Å²) in [7, 11) is 1.22. The Balaban J connectivity index is 1.55. The number of hydrogen-bond acceptors (Lipinski definition) is 10. The average molecular weight is 405 g/mol. The zero-order valence-corrected chi connectivity index (χ0v) is 16.1. The minimum absolute atomic E-state index is 0.303. The zero-order chi connectivity index (χ0) is 19.2. The second kappa shape index (κ2) is 8.73. The van der Waals surface area contributed by atoms with Gasteiger partial charge < -0.3 is 9.15 Å². The van der Waals surface area contributed by atoms with Gasteiger partial charge in [0.05, 0.1) is 12.9 Å². The second-order valence-electron chi connectivity index (χ2n) is 5.28. The molecular weight excluding hydrogens is 390 g/mol. The second-order valence-corrected chi connectivity index (χ2v) is 7.48. The molecule has 140 valence electrons. The van der Waals surface area contributed by atoms with E-state index in [1.165, 1.54) is 30.2 Å². The number of methoxy groups -OCH3 is 1. The minimum Gasteiger partial charge on any atom is -0.469 e. The molecule has 3 rings (SSSR count). The van der Waals surface area contributed by atoms with Gasteiger partial charge in [0.15, 0.2) is 4.34 Å². The lowest BCUT2D eigenvalue weighted by Crippen LogP contribution is -2.17. The van der Waals surface area contributed by atoms with Crippen LogP contribution in [0.2, 0.25) is 0 Å². The number of carbonyl (C=O) groups is 2. The number of benzene rings is 1. The maximum Gasteiger partial charge on any atom is 0.315 e. The van der Waals surface area contributed by atoms with Crippen molar-refractivity contribution in [3.05, 3.63) is 35.7 Å². The predicted octanol–water partition coefficient (Wildman–Crippen LogP) is 2.69. The molecule has 0 unspecified atom stereocenters.